The van der Waals surface area contributed by atoms with Crippen LogP contribution in [0.5, 0.6) is 5.75 Å². The van der Waals surface area contributed by atoms with E-state index < -0.39 is 5.91 Å². The second-order valence-corrected chi connectivity index (χ2v) is 7.03. The first-order valence-corrected chi connectivity index (χ1v) is 9.10. The van der Waals surface area contributed by atoms with E-state index in [-0.39, 0.29) is 24.6 Å². The third-order valence-corrected chi connectivity index (χ3v) is 4.57. The van der Waals surface area contributed by atoms with Crippen molar-refractivity contribution in [2.75, 3.05) is 13.1 Å². The highest BCUT2D eigenvalue weighted by molar-refractivity contribution is 5.95. The summed E-state index contributed by atoms with van der Waals surface area (Å²) < 4.78 is 5.76. The molecule has 1 aliphatic rings. The van der Waals surface area contributed by atoms with Gasteiger partial charge < -0.3 is 20.7 Å². The Morgan fingerprint density at radius 3 is 2.52 bits per heavy atom. The highest BCUT2D eigenvalue weighted by atomic mass is 16.5. The van der Waals surface area contributed by atoms with E-state index in [9.17, 15) is 9.59 Å². The van der Waals surface area contributed by atoms with Gasteiger partial charge in [0, 0.05) is 30.7 Å². The van der Waals surface area contributed by atoms with Crippen molar-refractivity contribution in [2.24, 2.45) is 5.73 Å². The average Bonchev–Trinajstić information content (AvgIpc) is 2.65. The number of nitrogens with one attached hydrogen (secondary N) is 1. The lowest BCUT2D eigenvalue weighted by atomic mass is 10.1. The molecule has 0 unspecified atom stereocenters. The molecule has 3 N–H and O–H groups in total. The highest BCUT2D eigenvalue weighted by Crippen LogP contribution is 2.19. The number of hydrogen-bond donors (Lipinski definition) is 2. The Morgan fingerprint density at radius 2 is 1.81 bits per heavy atom. The fourth-order valence-electron chi connectivity index (χ4n) is 3.43. The molecule has 0 aliphatic carbocycles. The second-order valence-electron chi connectivity index (χ2n) is 7.03. The Labute approximate surface area is 159 Å². The number of carbonyl (C=O) groups is 2. The van der Waals surface area contributed by atoms with E-state index in [0.717, 1.165) is 5.56 Å². The maximum absolute atomic E-state index is 12.9. The predicted octanol–water partition coefficient (Wildman–Crippen LogP) is 2.19. The quantitative estimate of drug-likeness (QED) is 0.848. The van der Waals surface area contributed by atoms with Crippen molar-refractivity contribution in [3.63, 3.8) is 0 Å². The van der Waals surface area contributed by atoms with Crippen LogP contribution in [0.2, 0.25) is 0 Å². The zero-order valence-electron chi connectivity index (χ0n) is 15.6. The van der Waals surface area contributed by atoms with Crippen molar-refractivity contribution in [3.05, 3.63) is 65.2 Å². The highest BCUT2D eigenvalue weighted by Gasteiger charge is 2.25. The van der Waals surface area contributed by atoms with E-state index in [1.807, 2.05) is 29.2 Å². The molecular weight excluding hydrogens is 342 g/mol. The molecule has 0 radical (unpaired) electrons. The summed E-state index contributed by atoms with van der Waals surface area (Å²) in [6.45, 7) is 5.79. The lowest BCUT2D eigenvalue weighted by molar-refractivity contribution is 0.0673. The summed E-state index contributed by atoms with van der Waals surface area (Å²) in [5.74, 6) is -0.0717. The summed E-state index contributed by atoms with van der Waals surface area (Å²) in [7, 11) is 0. The molecule has 142 valence electrons. The molecule has 0 bridgehead atoms. The van der Waals surface area contributed by atoms with Crippen molar-refractivity contribution in [1.29, 1.82) is 0 Å². The maximum atomic E-state index is 12.9. The normalized spacial score (nSPS) is 19.6. The van der Waals surface area contributed by atoms with Crippen molar-refractivity contribution >= 4 is 11.8 Å². The zero-order chi connectivity index (χ0) is 19.4. The predicted molar refractivity (Wildman–Crippen MR) is 104 cm³/mol. The molecule has 27 heavy (non-hydrogen) atoms. The fourth-order valence-corrected chi connectivity index (χ4v) is 3.43. The molecule has 1 saturated heterocycles. The summed E-state index contributed by atoms with van der Waals surface area (Å²) in [6.07, 6.45) is 0. The Kier molecular flexibility index (Phi) is 5.76. The summed E-state index contributed by atoms with van der Waals surface area (Å²) in [4.78, 5) is 26.2. The summed E-state index contributed by atoms with van der Waals surface area (Å²) in [5, 5.41) is 3.43. The van der Waals surface area contributed by atoms with Crippen molar-refractivity contribution in [2.45, 2.75) is 32.5 Å². The first-order chi connectivity index (χ1) is 12.9. The van der Waals surface area contributed by atoms with E-state index in [1.54, 1.807) is 24.3 Å². The van der Waals surface area contributed by atoms with E-state index in [0.29, 0.717) is 30.0 Å². The largest absolute Gasteiger partial charge is 0.488 e. The number of para-hydroxylation sites is 1. The number of hydrogen-bond acceptors (Lipinski definition) is 4. The van der Waals surface area contributed by atoms with Crippen molar-refractivity contribution < 1.29 is 14.3 Å². The second kappa shape index (κ2) is 8.22. The van der Waals surface area contributed by atoms with Crippen molar-refractivity contribution in [3.8, 4) is 5.75 Å². The smallest absolute Gasteiger partial charge is 0.253 e. The minimum Gasteiger partial charge on any atom is -0.488 e. The number of amides is 2. The molecule has 0 saturated carbocycles. The molecule has 1 heterocycles. The number of rotatable bonds is 5. The number of primary amides is 1. The molecule has 2 atom stereocenters. The monoisotopic (exact) mass is 367 g/mol. The number of piperazine rings is 1. The van der Waals surface area contributed by atoms with Gasteiger partial charge in [0.15, 0.2) is 0 Å². The van der Waals surface area contributed by atoms with Crippen LogP contribution in [-0.2, 0) is 6.61 Å². The average molecular weight is 367 g/mol. The van der Waals surface area contributed by atoms with E-state index >= 15 is 0 Å². The number of nitrogens with two attached hydrogens (primary N) is 1. The Bertz CT molecular complexity index is 827. The van der Waals surface area contributed by atoms with Crippen molar-refractivity contribution in [1.82, 2.24) is 10.2 Å². The number of carbonyl (C=O) groups excluding carboxylic acids is 2. The minimum atomic E-state index is -0.531. The number of benzene rings is 2. The summed E-state index contributed by atoms with van der Waals surface area (Å²) >= 11 is 0. The molecule has 2 aromatic rings. The third kappa shape index (κ3) is 4.65. The summed E-state index contributed by atoms with van der Waals surface area (Å²) in [5.41, 5.74) is 7.22. The van der Waals surface area contributed by atoms with Crippen LogP contribution in [-0.4, -0.2) is 41.9 Å². The molecule has 1 aliphatic heterocycles. The third-order valence-electron chi connectivity index (χ3n) is 4.57. The van der Waals surface area contributed by atoms with Crippen LogP contribution in [0.1, 0.15) is 40.1 Å². The van der Waals surface area contributed by atoms with Gasteiger partial charge in [-0.25, -0.2) is 0 Å². The van der Waals surface area contributed by atoms with Crippen LogP contribution in [0.15, 0.2) is 48.5 Å². The first-order valence-electron chi connectivity index (χ1n) is 9.10. The maximum Gasteiger partial charge on any atom is 0.253 e. The first kappa shape index (κ1) is 18.9. The molecule has 2 amide bonds. The molecule has 3 rings (SSSR count). The van der Waals surface area contributed by atoms with Gasteiger partial charge >= 0.3 is 0 Å². The number of nitrogens with zero attached hydrogens (tertiary/aromatic N) is 1. The van der Waals surface area contributed by atoms with Gasteiger partial charge in [-0.1, -0.05) is 24.3 Å². The SMILES string of the molecule is C[C@@H]1CN(C(=O)c2cccc(COc3ccccc3C(N)=O)c2)C[C@@H](C)N1. The van der Waals surface area contributed by atoms with E-state index in [4.69, 9.17) is 10.5 Å². The van der Waals surface area contributed by atoms with Gasteiger partial charge in [-0.3, -0.25) is 9.59 Å². The molecule has 0 aromatic heterocycles. The van der Waals surface area contributed by atoms with Crippen LogP contribution >= 0.6 is 0 Å². The molecule has 0 spiro atoms. The lowest BCUT2D eigenvalue weighted by Gasteiger charge is -2.36. The minimum absolute atomic E-state index is 0.0228. The molecule has 2 aromatic carbocycles. The Balaban J connectivity index is 1.71. The zero-order valence-corrected chi connectivity index (χ0v) is 15.6. The van der Waals surface area contributed by atoms with Crippen LogP contribution in [0, 0.1) is 0 Å². The van der Waals surface area contributed by atoms with Crippen LogP contribution in [0.3, 0.4) is 0 Å². The standard InChI is InChI=1S/C21H25N3O3/c1-14-11-24(12-15(2)23-14)21(26)17-7-5-6-16(10-17)13-27-19-9-4-3-8-18(19)20(22)25/h3-10,14-15,23H,11-13H2,1-2H3,(H2,22,25)/t14-,15-/m1/s1. The molecule has 6 heteroatoms. The Morgan fingerprint density at radius 1 is 1.11 bits per heavy atom. The lowest BCUT2D eigenvalue weighted by Crippen LogP contribution is -2.55. The van der Waals surface area contributed by atoms with E-state index in [2.05, 4.69) is 19.2 Å². The van der Waals surface area contributed by atoms with E-state index in [1.165, 1.54) is 0 Å². The van der Waals surface area contributed by atoms with Gasteiger partial charge in [-0.05, 0) is 43.7 Å². The van der Waals surface area contributed by atoms with Gasteiger partial charge in [-0.2, -0.15) is 0 Å². The topological polar surface area (TPSA) is 84.7 Å². The van der Waals surface area contributed by atoms with Gasteiger partial charge in [-0.15, -0.1) is 0 Å². The van der Waals surface area contributed by atoms with Crippen LogP contribution in [0.25, 0.3) is 0 Å². The van der Waals surface area contributed by atoms with Crippen LogP contribution < -0.4 is 15.8 Å². The summed E-state index contributed by atoms with van der Waals surface area (Å²) in [6, 6.07) is 14.8. The fraction of sp³-hybridized carbons (Fsp3) is 0.333. The Hall–Kier alpha value is -2.86. The van der Waals surface area contributed by atoms with Gasteiger partial charge in [0.1, 0.15) is 12.4 Å². The van der Waals surface area contributed by atoms with Gasteiger partial charge in [0.25, 0.3) is 11.8 Å². The molecular formula is C21H25N3O3. The molecule has 1 fully saturated rings. The molecule has 6 nitrogen and oxygen atoms in total. The van der Waals surface area contributed by atoms with Gasteiger partial charge in [0.05, 0.1) is 5.56 Å². The van der Waals surface area contributed by atoms with Gasteiger partial charge in [0.2, 0.25) is 0 Å². The van der Waals surface area contributed by atoms with Crippen LogP contribution in [0.4, 0.5) is 0 Å². The number of ether oxygens (including phenoxy) is 1.